The van der Waals surface area contributed by atoms with Gasteiger partial charge in [0.2, 0.25) is 0 Å². The Bertz CT molecular complexity index is 534. The van der Waals surface area contributed by atoms with Crippen LogP contribution in [0.15, 0.2) is 52.3 Å². The molecule has 0 radical (unpaired) electrons. The van der Waals surface area contributed by atoms with Crippen molar-refractivity contribution in [3.05, 3.63) is 53.6 Å². The Morgan fingerprint density at radius 3 is 2.88 bits per heavy atom. The molecule has 2 aromatic carbocycles. The predicted molar refractivity (Wildman–Crippen MR) is 69.1 cm³/mol. The fourth-order valence-corrected chi connectivity index (χ4v) is 3.12. The van der Waals surface area contributed by atoms with Gasteiger partial charge in [-0.15, -0.1) is 0 Å². The van der Waals surface area contributed by atoms with E-state index in [2.05, 4.69) is 54.7 Å². The SMILES string of the molecule is Cc1cccc2c1Sc1ccccc1NC2. The smallest absolute Gasteiger partial charge is 0.0484 e. The van der Waals surface area contributed by atoms with Gasteiger partial charge in [-0.25, -0.2) is 0 Å². The standard InChI is InChI=1S/C14H13NS/c1-10-5-4-6-11-9-15-12-7-2-3-8-13(12)16-14(10)11/h2-8,15H,9H2,1H3. The van der Waals surface area contributed by atoms with E-state index in [0.29, 0.717) is 0 Å². The highest BCUT2D eigenvalue weighted by atomic mass is 32.2. The molecule has 3 rings (SSSR count). The normalized spacial score (nSPS) is 13.3. The molecule has 2 heteroatoms. The van der Waals surface area contributed by atoms with Crippen LogP contribution in [-0.4, -0.2) is 0 Å². The highest BCUT2D eigenvalue weighted by Gasteiger charge is 2.13. The fourth-order valence-electron chi connectivity index (χ4n) is 2.00. The summed E-state index contributed by atoms with van der Waals surface area (Å²) in [4.78, 5) is 2.72. The van der Waals surface area contributed by atoms with Crippen molar-refractivity contribution in [1.29, 1.82) is 0 Å². The molecule has 1 nitrogen and oxygen atoms in total. The number of nitrogens with one attached hydrogen (secondary N) is 1. The largest absolute Gasteiger partial charge is 0.380 e. The summed E-state index contributed by atoms with van der Waals surface area (Å²) in [5, 5.41) is 3.49. The molecule has 0 saturated heterocycles. The van der Waals surface area contributed by atoms with Gasteiger partial charge in [0, 0.05) is 22.0 Å². The van der Waals surface area contributed by atoms with Crippen LogP contribution in [0.4, 0.5) is 5.69 Å². The van der Waals surface area contributed by atoms with Crippen LogP contribution in [-0.2, 0) is 6.54 Å². The third-order valence-corrected chi connectivity index (χ3v) is 4.23. The topological polar surface area (TPSA) is 12.0 Å². The Balaban J connectivity index is 2.13. The molecule has 80 valence electrons. The van der Waals surface area contributed by atoms with Crippen molar-refractivity contribution in [1.82, 2.24) is 0 Å². The van der Waals surface area contributed by atoms with Gasteiger partial charge in [0.05, 0.1) is 0 Å². The Hall–Kier alpha value is -1.41. The molecule has 1 aliphatic rings. The van der Waals surface area contributed by atoms with E-state index in [1.54, 1.807) is 0 Å². The Kier molecular flexibility index (Phi) is 2.37. The maximum atomic E-state index is 3.49. The molecule has 0 unspecified atom stereocenters. The maximum Gasteiger partial charge on any atom is 0.0484 e. The average molecular weight is 227 g/mol. The summed E-state index contributed by atoms with van der Waals surface area (Å²) in [6.07, 6.45) is 0. The first-order chi connectivity index (χ1) is 7.84. The quantitative estimate of drug-likeness (QED) is 0.728. The average Bonchev–Trinajstić information content (AvgIpc) is 2.50. The van der Waals surface area contributed by atoms with Gasteiger partial charge in [-0.1, -0.05) is 42.1 Å². The second-order valence-corrected chi connectivity index (χ2v) is 5.07. The van der Waals surface area contributed by atoms with Crippen molar-refractivity contribution >= 4 is 17.4 Å². The minimum absolute atomic E-state index is 0.918. The minimum Gasteiger partial charge on any atom is -0.380 e. The van der Waals surface area contributed by atoms with Crippen LogP contribution in [0.25, 0.3) is 0 Å². The molecule has 0 amide bonds. The highest BCUT2D eigenvalue weighted by Crippen LogP contribution is 2.39. The van der Waals surface area contributed by atoms with Crippen LogP contribution in [0.2, 0.25) is 0 Å². The van der Waals surface area contributed by atoms with Crippen LogP contribution in [0, 0.1) is 6.92 Å². The zero-order chi connectivity index (χ0) is 11.0. The number of hydrogen-bond donors (Lipinski definition) is 1. The van der Waals surface area contributed by atoms with Crippen LogP contribution in [0.1, 0.15) is 11.1 Å². The van der Waals surface area contributed by atoms with Crippen molar-refractivity contribution in [3.8, 4) is 0 Å². The molecular formula is C14H13NS. The summed E-state index contributed by atoms with van der Waals surface area (Å²) in [6, 6.07) is 15.0. The molecule has 0 atom stereocenters. The molecule has 0 aromatic heterocycles. The Morgan fingerprint density at radius 1 is 1.06 bits per heavy atom. The maximum absolute atomic E-state index is 3.49. The number of fused-ring (bicyclic) bond motifs is 2. The van der Waals surface area contributed by atoms with Gasteiger partial charge in [0.15, 0.2) is 0 Å². The van der Waals surface area contributed by atoms with Gasteiger partial charge in [-0.3, -0.25) is 0 Å². The van der Waals surface area contributed by atoms with Crippen LogP contribution in [0.3, 0.4) is 0 Å². The van der Waals surface area contributed by atoms with Gasteiger partial charge in [-0.05, 0) is 30.2 Å². The van der Waals surface area contributed by atoms with Crippen molar-refractivity contribution in [3.63, 3.8) is 0 Å². The number of anilines is 1. The molecule has 1 aliphatic heterocycles. The van der Waals surface area contributed by atoms with Crippen LogP contribution >= 0.6 is 11.8 Å². The number of aryl methyl sites for hydroxylation is 1. The molecule has 0 saturated carbocycles. The second-order valence-electron chi connectivity index (χ2n) is 4.01. The van der Waals surface area contributed by atoms with Crippen molar-refractivity contribution in [2.24, 2.45) is 0 Å². The van der Waals surface area contributed by atoms with E-state index in [0.717, 1.165) is 6.54 Å². The van der Waals surface area contributed by atoms with E-state index >= 15 is 0 Å². The summed E-state index contributed by atoms with van der Waals surface area (Å²) >= 11 is 1.87. The molecule has 1 N–H and O–H groups in total. The van der Waals surface area contributed by atoms with E-state index in [4.69, 9.17) is 0 Å². The van der Waals surface area contributed by atoms with Gasteiger partial charge < -0.3 is 5.32 Å². The summed E-state index contributed by atoms with van der Waals surface area (Å²) in [7, 11) is 0. The number of rotatable bonds is 0. The molecule has 16 heavy (non-hydrogen) atoms. The lowest BCUT2D eigenvalue weighted by Gasteiger charge is -2.07. The lowest BCUT2D eigenvalue weighted by atomic mass is 10.1. The third kappa shape index (κ3) is 1.59. The lowest BCUT2D eigenvalue weighted by molar-refractivity contribution is 1.08. The van der Waals surface area contributed by atoms with E-state index in [1.165, 1.54) is 26.6 Å². The molecule has 0 spiro atoms. The van der Waals surface area contributed by atoms with Gasteiger partial charge in [0.1, 0.15) is 0 Å². The minimum atomic E-state index is 0.918. The molecule has 0 bridgehead atoms. The van der Waals surface area contributed by atoms with Crippen LogP contribution in [0.5, 0.6) is 0 Å². The molecule has 0 aliphatic carbocycles. The molecular weight excluding hydrogens is 214 g/mol. The van der Waals surface area contributed by atoms with E-state index in [1.807, 2.05) is 11.8 Å². The Morgan fingerprint density at radius 2 is 1.94 bits per heavy atom. The van der Waals surface area contributed by atoms with Crippen LogP contribution < -0.4 is 5.32 Å². The summed E-state index contributed by atoms with van der Waals surface area (Å²) < 4.78 is 0. The van der Waals surface area contributed by atoms with E-state index in [-0.39, 0.29) is 0 Å². The fraction of sp³-hybridized carbons (Fsp3) is 0.143. The third-order valence-electron chi connectivity index (χ3n) is 2.86. The lowest BCUT2D eigenvalue weighted by Crippen LogP contribution is -1.98. The van der Waals surface area contributed by atoms with Gasteiger partial charge in [-0.2, -0.15) is 0 Å². The van der Waals surface area contributed by atoms with Crippen molar-refractivity contribution in [2.45, 2.75) is 23.3 Å². The summed E-state index contributed by atoms with van der Waals surface area (Å²) in [5.41, 5.74) is 3.99. The van der Waals surface area contributed by atoms with Gasteiger partial charge in [0.25, 0.3) is 0 Å². The van der Waals surface area contributed by atoms with Crippen molar-refractivity contribution in [2.75, 3.05) is 5.32 Å². The summed E-state index contributed by atoms with van der Waals surface area (Å²) in [6.45, 7) is 3.10. The monoisotopic (exact) mass is 227 g/mol. The van der Waals surface area contributed by atoms with Gasteiger partial charge >= 0.3 is 0 Å². The first-order valence-electron chi connectivity index (χ1n) is 5.44. The zero-order valence-corrected chi connectivity index (χ0v) is 9.97. The zero-order valence-electron chi connectivity index (χ0n) is 9.16. The first kappa shape index (κ1) is 9.79. The summed E-state index contributed by atoms with van der Waals surface area (Å²) in [5.74, 6) is 0. The highest BCUT2D eigenvalue weighted by molar-refractivity contribution is 7.99. The molecule has 1 heterocycles. The first-order valence-corrected chi connectivity index (χ1v) is 6.25. The number of hydrogen-bond acceptors (Lipinski definition) is 2. The van der Waals surface area contributed by atoms with E-state index in [9.17, 15) is 0 Å². The number of benzene rings is 2. The molecule has 2 aromatic rings. The molecule has 0 fully saturated rings. The number of para-hydroxylation sites is 1. The second kappa shape index (κ2) is 3.87. The van der Waals surface area contributed by atoms with Crippen molar-refractivity contribution < 1.29 is 0 Å². The van der Waals surface area contributed by atoms with E-state index < -0.39 is 0 Å². The Labute approximate surface area is 99.9 Å². The predicted octanol–water partition coefficient (Wildman–Crippen LogP) is 4.07.